The highest BCUT2D eigenvalue weighted by Crippen LogP contribution is 2.68. The molecule has 0 spiro atoms. The lowest BCUT2D eigenvalue weighted by Gasteiger charge is -2.61. The van der Waals surface area contributed by atoms with Gasteiger partial charge in [-0.1, -0.05) is 56.3 Å². The van der Waals surface area contributed by atoms with Crippen molar-refractivity contribution in [3.8, 4) is 0 Å². The van der Waals surface area contributed by atoms with Crippen LogP contribution in [0.2, 0.25) is 0 Å². The van der Waals surface area contributed by atoms with E-state index < -0.39 is 28.5 Å². The summed E-state index contributed by atoms with van der Waals surface area (Å²) >= 11 is 2.91. The number of furan rings is 1. The summed E-state index contributed by atoms with van der Waals surface area (Å²) in [6, 6.07) is 11.0. The largest absolute Gasteiger partial charge is 0.457 e. The third-order valence-corrected chi connectivity index (χ3v) is 13.2. The number of carbonyl (C=O) groups excluding carboxylic acids is 3. The molecule has 0 radical (unpaired) electrons. The molecule has 3 saturated carbocycles. The Hall–Kier alpha value is -3.01. The molecule has 7 rings (SSSR count). The van der Waals surface area contributed by atoms with Gasteiger partial charge in [0.25, 0.3) is 0 Å². The van der Waals surface area contributed by atoms with Crippen LogP contribution in [0.4, 0.5) is 0 Å². The summed E-state index contributed by atoms with van der Waals surface area (Å²) in [5.74, 6) is -0.473. The highest BCUT2D eigenvalue weighted by molar-refractivity contribution is 8.01. The first-order chi connectivity index (χ1) is 20.6. The van der Waals surface area contributed by atoms with Gasteiger partial charge in [-0.15, -0.1) is 11.3 Å². The second kappa shape index (κ2) is 10.3. The fourth-order valence-electron chi connectivity index (χ4n) is 9.18. The molecule has 8 atom stereocenters. The Labute approximate surface area is 258 Å². The van der Waals surface area contributed by atoms with E-state index in [0.717, 1.165) is 26.6 Å². The van der Waals surface area contributed by atoms with Gasteiger partial charge in [-0.3, -0.25) is 9.59 Å². The third kappa shape index (κ3) is 4.33. The van der Waals surface area contributed by atoms with E-state index in [1.165, 1.54) is 18.0 Å². The number of thioether (sulfide) groups is 1. The number of para-hydroxylation sites is 1. The number of esters is 1. The van der Waals surface area contributed by atoms with E-state index in [0.29, 0.717) is 19.3 Å². The van der Waals surface area contributed by atoms with Crippen LogP contribution in [-0.2, 0) is 14.3 Å². The number of ether oxygens (including phenoxy) is 1. The Morgan fingerprint density at radius 2 is 2.02 bits per heavy atom. The van der Waals surface area contributed by atoms with E-state index in [1.807, 2.05) is 37.3 Å². The Kier molecular flexibility index (Phi) is 6.87. The van der Waals surface area contributed by atoms with Gasteiger partial charge >= 0.3 is 5.97 Å². The van der Waals surface area contributed by atoms with Crippen molar-refractivity contribution in [3.63, 3.8) is 0 Å². The van der Waals surface area contributed by atoms with Crippen LogP contribution >= 0.6 is 23.1 Å². The monoisotopic (exact) mass is 617 g/mol. The summed E-state index contributed by atoms with van der Waals surface area (Å²) in [6.45, 7) is 6.34. The number of benzene rings is 1. The third-order valence-electron chi connectivity index (χ3n) is 11.0. The fourth-order valence-corrected chi connectivity index (χ4v) is 11.2. The zero-order chi connectivity index (χ0) is 30.1. The molecule has 7 nitrogen and oxygen atoms in total. The number of aliphatic hydroxyl groups excluding tert-OH is 1. The minimum absolute atomic E-state index is 0.00569. The molecule has 0 saturated heterocycles. The number of Topliss-reactive ketones (excluding diaryl/α,β-unsaturated/α-hetero) is 1. The van der Waals surface area contributed by atoms with E-state index in [4.69, 9.17) is 14.1 Å². The molecule has 9 heteroatoms. The van der Waals surface area contributed by atoms with E-state index >= 15 is 0 Å². The molecule has 3 fully saturated rings. The van der Waals surface area contributed by atoms with Crippen molar-refractivity contribution in [1.29, 1.82) is 0 Å². The Bertz CT molecular complexity index is 1640. The van der Waals surface area contributed by atoms with Gasteiger partial charge < -0.3 is 14.3 Å². The summed E-state index contributed by atoms with van der Waals surface area (Å²) in [5, 5.41) is 12.0. The van der Waals surface area contributed by atoms with E-state index in [-0.39, 0.29) is 46.8 Å². The molecule has 2 heterocycles. The first-order valence-corrected chi connectivity index (χ1v) is 16.8. The van der Waals surface area contributed by atoms with Gasteiger partial charge in [-0.05, 0) is 79.9 Å². The van der Waals surface area contributed by atoms with Gasteiger partial charge in [-0.2, -0.15) is 0 Å². The molecule has 4 aliphatic carbocycles. The molecule has 1 N–H and O–H groups in total. The molecule has 0 amide bonds. The number of fused-ring (bicyclic) bond motifs is 6. The molecule has 43 heavy (non-hydrogen) atoms. The number of hydrogen-bond acceptors (Lipinski definition) is 9. The van der Waals surface area contributed by atoms with Crippen LogP contribution in [0.5, 0.6) is 0 Å². The SMILES string of the molecule is C[C@H]1CC2C([C@@H](O)CC3(C)C2CC[C@]3(OC(=O)c2ccco2)C(=O)CSc2nc3ccccc3s2)C2(C)C=CC(=O)C=C12. The molecular formula is C34H35NO6S2. The Balaban J connectivity index is 1.24. The lowest BCUT2D eigenvalue weighted by molar-refractivity contribution is -0.178. The van der Waals surface area contributed by atoms with Gasteiger partial charge in [0.15, 0.2) is 21.5 Å². The van der Waals surface area contributed by atoms with Crippen LogP contribution < -0.4 is 0 Å². The number of aromatic nitrogens is 1. The highest BCUT2D eigenvalue weighted by Gasteiger charge is 2.70. The maximum absolute atomic E-state index is 14.5. The standard InChI is InChI=1S/C34H35NO6S2/c1-19-15-21-22-11-13-34(41-30(39)26-8-6-14-40-26,28(38)18-42-31-35-24-7-4-5-9-27(24)43-31)33(22,3)17-25(37)29(21)32(2)12-10-20(36)16-23(19)32/h4-10,12,14,16,19,21-22,25,29,37H,11,13,15,17-18H2,1-3H3/t19-,21?,22?,25-,29?,32?,33?,34-/m0/s1. The molecule has 3 aromatic rings. The maximum atomic E-state index is 14.5. The zero-order valence-corrected chi connectivity index (χ0v) is 26.1. The lowest BCUT2D eigenvalue weighted by Crippen LogP contribution is -2.63. The summed E-state index contributed by atoms with van der Waals surface area (Å²) in [7, 11) is 0. The molecule has 0 aliphatic heterocycles. The molecule has 2 aromatic heterocycles. The van der Waals surface area contributed by atoms with Crippen molar-refractivity contribution >= 4 is 50.9 Å². The molecule has 0 bridgehead atoms. The average Bonchev–Trinajstić information content (AvgIpc) is 3.71. The van der Waals surface area contributed by atoms with E-state index in [2.05, 4.69) is 13.8 Å². The second-order valence-corrected chi connectivity index (χ2v) is 15.4. The summed E-state index contributed by atoms with van der Waals surface area (Å²) < 4.78 is 13.5. The number of rotatable bonds is 6. The van der Waals surface area contributed by atoms with Gasteiger partial charge in [0.2, 0.25) is 5.76 Å². The molecule has 4 aliphatic rings. The Morgan fingerprint density at radius 1 is 1.21 bits per heavy atom. The molecular weight excluding hydrogens is 583 g/mol. The van der Waals surface area contributed by atoms with Crippen LogP contribution in [0.25, 0.3) is 10.2 Å². The van der Waals surface area contributed by atoms with Gasteiger partial charge in [0, 0.05) is 16.7 Å². The first-order valence-electron chi connectivity index (χ1n) is 15.0. The number of allylic oxidation sites excluding steroid dienone is 4. The summed E-state index contributed by atoms with van der Waals surface area (Å²) in [6.07, 6.45) is 8.27. The summed E-state index contributed by atoms with van der Waals surface area (Å²) in [4.78, 5) is 45.0. The van der Waals surface area contributed by atoms with Crippen molar-refractivity contribution in [2.45, 2.75) is 62.5 Å². The number of carbonyl (C=O) groups is 3. The zero-order valence-electron chi connectivity index (χ0n) is 24.4. The minimum atomic E-state index is -1.42. The van der Waals surface area contributed by atoms with Crippen LogP contribution in [0, 0.1) is 34.5 Å². The number of nitrogens with zero attached hydrogens (tertiary/aromatic N) is 1. The fraction of sp³-hybridized carbons (Fsp3) is 0.471. The smallest absolute Gasteiger partial charge is 0.375 e. The highest BCUT2D eigenvalue weighted by atomic mass is 32.2. The number of hydrogen-bond donors (Lipinski definition) is 1. The lowest BCUT2D eigenvalue weighted by atomic mass is 9.44. The van der Waals surface area contributed by atoms with Crippen LogP contribution in [0.1, 0.15) is 57.0 Å². The molecule has 224 valence electrons. The van der Waals surface area contributed by atoms with Crippen LogP contribution in [0.15, 0.2) is 75.2 Å². The van der Waals surface area contributed by atoms with E-state index in [9.17, 15) is 19.5 Å². The van der Waals surface area contributed by atoms with Gasteiger partial charge in [-0.25, -0.2) is 9.78 Å². The van der Waals surface area contributed by atoms with E-state index in [1.54, 1.807) is 35.6 Å². The summed E-state index contributed by atoms with van der Waals surface area (Å²) in [5.41, 5.74) is -0.675. The molecule has 5 unspecified atom stereocenters. The average molecular weight is 618 g/mol. The maximum Gasteiger partial charge on any atom is 0.375 e. The van der Waals surface area contributed by atoms with Crippen molar-refractivity contribution in [3.05, 3.63) is 72.2 Å². The predicted molar refractivity (Wildman–Crippen MR) is 165 cm³/mol. The van der Waals surface area contributed by atoms with Crippen LogP contribution in [0.3, 0.4) is 0 Å². The quantitative estimate of drug-likeness (QED) is 0.241. The number of ketones is 2. The Morgan fingerprint density at radius 3 is 2.79 bits per heavy atom. The van der Waals surface area contributed by atoms with Crippen molar-refractivity contribution in [2.24, 2.45) is 34.5 Å². The van der Waals surface area contributed by atoms with Gasteiger partial charge in [0.05, 0.1) is 28.3 Å². The van der Waals surface area contributed by atoms with Crippen LogP contribution in [-0.4, -0.2) is 45.1 Å². The first kappa shape index (κ1) is 28.7. The normalized spacial score (nSPS) is 36.5. The van der Waals surface area contributed by atoms with Crippen molar-refractivity contribution < 1.29 is 28.6 Å². The topological polar surface area (TPSA) is 107 Å². The predicted octanol–water partition coefficient (Wildman–Crippen LogP) is 6.67. The second-order valence-electron chi connectivity index (χ2n) is 13.1. The van der Waals surface area contributed by atoms with Crippen molar-refractivity contribution in [1.82, 2.24) is 4.98 Å². The minimum Gasteiger partial charge on any atom is -0.457 e. The number of aliphatic hydroxyl groups is 1. The van der Waals surface area contributed by atoms with Crippen molar-refractivity contribution in [2.75, 3.05) is 5.75 Å². The number of thiazole rings is 1. The molecule has 1 aromatic carbocycles. The van der Waals surface area contributed by atoms with Gasteiger partial charge in [0.1, 0.15) is 0 Å².